The third-order valence-electron chi connectivity index (χ3n) is 3.43. The van der Waals surface area contributed by atoms with Crippen molar-refractivity contribution in [2.45, 2.75) is 38.5 Å². The Hall–Kier alpha value is -1.10. The second-order valence-corrected chi connectivity index (χ2v) is 6.15. The van der Waals surface area contributed by atoms with Crippen LogP contribution < -0.4 is 5.32 Å². The molecule has 19 heavy (non-hydrogen) atoms. The molecule has 2 aromatic rings. The van der Waals surface area contributed by atoms with Crippen LogP contribution in [-0.4, -0.2) is 18.0 Å². The highest BCUT2D eigenvalue weighted by Gasteiger charge is 2.29. The SMILES string of the molecule is CNCc1ccc(CN(Cc2cccs2)C2CC2)o1. The van der Waals surface area contributed by atoms with Crippen LogP contribution in [0.15, 0.2) is 34.1 Å². The number of hydrogen-bond acceptors (Lipinski definition) is 4. The van der Waals surface area contributed by atoms with Crippen molar-refractivity contribution in [2.24, 2.45) is 0 Å². The zero-order chi connectivity index (χ0) is 13.1. The summed E-state index contributed by atoms with van der Waals surface area (Å²) in [5, 5.41) is 5.27. The van der Waals surface area contributed by atoms with Gasteiger partial charge in [0.2, 0.25) is 0 Å². The molecule has 1 N–H and O–H groups in total. The fraction of sp³-hybridized carbons (Fsp3) is 0.467. The van der Waals surface area contributed by atoms with Gasteiger partial charge in [0.25, 0.3) is 0 Å². The second-order valence-electron chi connectivity index (χ2n) is 5.11. The van der Waals surface area contributed by atoms with E-state index < -0.39 is 0 Å². The van der Waals surface area contributed by atoms with Crippen molar-refractivity contribution in [2.75, 3.05) is 7.05 Å². The lowest BCUT2D eigenvalue weighted by Crippen LogP contribution is -2.24. The number of thiophene rings is 1. The number of nitrogens with one attached hydrogen (secondary N) is 1. The van der Waals surface area contributed by atoms with Crippen molar-refractivity contribution in [1.29, 1.82) is 0 Å². The summed E-state index contributed by atoms with van der Waals surface area (Å²) < 4.78 is 5.85. The molecule has 3 nitrogen and oxygen atoms in total. The lowest BCUT2D eigenvalue weighted by molar-refractivity contribution is 0.224. The van der Waals surface area contributed by atoms with Crippen LogP contribution in [0.5, 0.6) is 0 Å². The highest BCUT2D eigenvalue weighted by Crippen LogP contribution is 2.30. The standard InChI is InChI=1S/C15H20N2OS/c1-16-9-13-6-7-14(18-13)10-17(12-4-5-12)11-15-3-2-8-19-15/h2-3,6-8,12,16H,4-5,9-11H2,1H3. The van der Waals surface area contributed by atoms with Gasteiger partial charge in [0.1, 0.15) is 11.5 Å². The Labute approximate surface area is 118 Å². The Morgan fingerprint density at radius 2 is 2.11 bits per heavy atom. The summed E-state index contributed by atoms with van der Waals surface area (Å²) in [5.74, 6) is 2.10. The summed E-state index contributed by atoms with van der Waals surface area (Å²) in [5.41, 5.74) is 0. The van der Waals surface area contributed by atoms with Crippen LogP contribution in [0.1, 0.15) is 29.2 Å². The van der Waals surface area contributed by atoms with E-state index in [-0.39, 0.29) is 0 Å². The highest BCUT2D eigenvalue weighted by atomic mass is 32.1. The minimum Gasteiger partial charge on any atom is -0.463 e. The van der Waals surface area contributed by atoms with Gasteiger partial charge >= 0.3 is 0 Å². The molecule has 0 atom stereocenters. The van der Waals surface area contributed by atoms with Crippen LogP contribution in [-0.2, 0) is 19.6 Å². The van der Waals surface area contributed by atoms with Crippen molar-refractivity contribution in [3.63, 3.8) is 0 Å². The lowest BCUT2D eigenvalue weighted by atomic mass is 10.3. The molecule has 0 saturated heterocycles. The number of nitrogens with zero attached hydrogens (tertiary/aromatic N) is 1. The van der Waals surface area contributed by atoms with Crippen molar-refractivity contribution in [3.05, 3.63) is 46.0 Å². The molecular formula is C15H20N2OS. The number of rotatable bonds is 7. The molecule has 102 valence electrons. The van der Waals surface area contributed by atoms with Gasteiger partial charge in [0.15, 0.2) is 0 Å². The number of hydrogen-bond donors (Lipinski definition) is 1. The molecule has 3 rings (SSSR count). The molecule has 0 unspecified atom stereocenters. The first kappa shape index (κ1) is 12.9. The van der Waals surface area contributed by atoms with Crippen molar-refractivity contribution < 1.29 is 4.42 Å². The largest absolute Gasteiger partial charge is 0.463 e. The minimum atomic E-state index is 0.750. The molecule has 0 radical (unpaired) electrons. The van der Waals surface area contributed by atoms with E-state index in [2.05, 4.69) is 39.9 Å². The maximum absolute atomic E-state index is 5.85. The molecule has 2 heterocycles. The molecule has 2 aromatic heterocycles. The normalized spacial score (nSPS) is 15.3. The zero-order valence-electron chi connectivity index (χ0n) is 11.3. The third kappa shape index (κ3) is 3.47. The summed E-state index contributed by atoms with van der Waals surface area (Å²) in [6, 6.07) is 9.27. The first-order chi connectivity index (χ1) is 9.35. The molecule has 0 aliphatic heterocycles. The van der Waals surface area contributed by atoms with Gasteiger partial charge in [-0.3, -0.25) is 4.90 Å². The Balaban J connectivity index is 1.63. The molecule has 1 aliphatic carbocycles. The van der Waals surface area contributed by atoms with Gasteiger partial charge in [-0.05, 0) is 43.5 Å². The zero-order valence-corrected chi connectivity index (χ0v) is 12.1. The van der Waals surface area contributed by atoms with Crippen LogP contribution in [0.4, 0.5) is 0 Å². The smallest absolute Gasteiger partial charge is 0.118 e. The summed E-state index contributed by atoms with van der Waals surface area (Å²) in [6.45, 7) is 2.77. The van der Waals surface area contributed by atoms with Crippen LogP contribution in [0.3, 0.4) is 0 Å². The molecule has 1 fully saturated rings. The summed E-state index contributed by atoms with van der Waals surface area (Å²) in [4.78, 5) is 3.97. The van der Waals surface area contributed by atoms with E-state index in [9.17, 15) is 0 Å². The summed E-state index contributed by atoms with van der Waals surface area (Å²) in [7, 11) is 1.94. The summed E-state index contributed by atoms with van der Waals surface area (Å²) >= 11 is 1.84. The average molecular weight is 276 g/mol. The fourth-order valence-electron chi connectivity index (χ4n) is 2.33. The van der Waals surface area contributed by atoms with E-state index >= 15 is 0 Å². The maximum atomic E-state index is 5.85. The van der Waals surface area contributed by atoms with Gasteiger partial charge in [-0.1, -0.05) is 6.07 Å². The molecule has 0 spiro atoms. The van der Waals surface area contributed by atoms with Crippen LogP contribution in [0.2, 0.25) is 0 Å². The van der Waals surface area contributed by atoms with Crippen molar-refractivity contribution >= 4 is 11.3 Å². The van der Waals surface area contributed by atoms with Crippen molar-refractivity contribution in [1.82, 2.24) is 10.2 Å². The molecule has 0 bridgehead atoms. The Bertz CT molecular complexity index is 502. The van der Waals surface area contributed by atoms with E-state index in [1.54, 1.807) is 0 Å². The minimum absolute atomic E-state index is 0.750. The first-order valence-corrected chi connectivity index (χ1v) is 7.72. The molecular weight excluding hydrogens is 256 g/mol. The molecule has 1 aliphatic rings. The van der Waals surface area contributed by atoms with Crippen molar-refractivity contribution in [3.8, 4) is 0 Å². The maximum Gasteiger partial charge on any atom is 0.118 e. The molecule has 4 heteroatoms. The highest BCUT2D eigenvalue weighted by molar-refractivity contribution is 7.09. The Morgan fingerprint density at radius 1 is 1.26 bits per heavy atom. The van der Waals surface area contributed by atoms with Crippen LogP contribution in [0, 0.1) is 0 Å². The fourth-order valence-corrected chi connectivity index (χ4v) is 3.06. The average Bonchev–Trinajstić information content (AvgIpc) is 2.95. The molecule has 0 aromatic carbocycles. The monoisotopic (exact) mass is 276 g/mol. The van der Waals surface area contributed by atoms with Gasteiger partial charge in [-0.25, -0.2) is 0 Å². The summed E-state index contributed by atoms with van der Waals surface area (Å²) in [6.07, 6.45) is 2.66. The molecule has 1 saturated carbocycles. The predicted octanol–water partition coefficient (Wildman–Crippen LogP) is 3.23. The topological polar surface area (TPSA) is 28.4 Å². The van der Waals surface area contributed by atoms with E-state index in [1.807, 2.05) is 18.4 Å². The Morgan fingerprint density at radius 3 is 2.79 bits per heavy atom. The van der Waals surface area contributed by atoms with Gasteiger partial charge in [-0.2, -0.15) is 0 Å². The van der Waals surface area contributed by atoms with E-state index in [0.29, 0.717) is 0 Å². The Kier molecular flexibility index (Phi) is 4.01. The number of furan rings is 1. The van der Waals surface area contributed by atoms with Gasteiger partial charge in [0.05, 0.1) is 13.1 Å². The quantitative estimate of drug-likeness (QED) is 0.841. The first-order valence-electron chi connectivity index (χ1n) is 6.84. The second kappa shape index (κ2) is 5.90. The lowest BCUT2D eigenvalue weighted by Gasteiger charge is -2.19. The van der Waals surface area contributed by atoms with Gasteiger partial charge < -0.3 is 9.73 Å². The van der Waals surface area contributed by atoms with Crippen LogP contribution >= 0.6 is 11.3 Å². The van der Waals surface area contributed by atoms with E-state index in [1.165, 1.54) is 17.7 Å². The predicted molar refractivity (Wildman–Crippen MR) is 78.1 cm³/mol. The molecule has 0 amide bonds. The van der Waals surface area contributed by atoms with Gasteiger partial charge in [-0.15, -0.1) is 11.3 Å². The third-order valence-corrected chi connectivity index (χ3v) is 4.29. The van der Waals surface area contributed by atoms with Gasteiger partial charge in [0, 0.05) is 17.5 Å². The van der Waals surface area contributed by atoms with E-state index in [4.69, 9.17) is 4.42 Å². The van der Waals surface area contributed by atoms with Crippen LogP contribution in [0.25, 0.3) is 0 Å². The van der Waals surface area contributed by atoms with E-state index in [0.717, 1.165) is 37.2 Å².